The molecule has 0 unspecified atom stereocenters. The topological polar surface area (TPSA) is 94.6 Å². The number of hydrogen-bond donors (Lipinski definition) is 0. The third kappa shape index (κ3) is 4.12. The summed E-state index contributed by atoms with van der Waals surface area (Å²) in [6, 6.07) is 8.64. The van der Waals surface area contributed by atoms with Crippen LogP contribution < -0.4 is 0 Å². The molecule has 0 radical (unpaired) electrons. The van der Waals surface area contributed by atoms with Crippen molar-refractivity contribution in [2.75, 3.05) is 6.26 Å². The number of imidazole rings is 1. The molecule has 0 aliphatic carbocycles. The summed E-state index contributed by atoms with van der Waals surface area (Å²) in [5.74, 6) is -0.945. The highest BCUT2D eigenvalue weighted by Gasteiger charge is 2.27. The van der Waals surface area contributed by atoms with Gasteiger partial charge in [-0.15, -0.1) is 0 Å². The Morgan fingerprint density at radius 1 is 1.23 bits per heavy atom. The standard InChI is InChI=1S/C15H11Cl2N3O4S2/c1-26(23,24)8-12-15(20(21)22)19-7-10(17)6-13(14(19)18-12)25-11-4-2-9(16)3-5-11/h2-7H,8H2,1H3. The Bertz CT molecular complexity index is 1110. The van der Waals surface area contributed by atoms with Gasteiger partial charge in [0.1, 0.15) is 11.9 Å². The number of pyridine rings is 1. The lowest BCUT2D eigenvalue weighted by atomic mass is 10.4. The molecule has 136 valence electrons. The van der Waals surface area contributed by atoms with Crippen molar-refractivity contribution in [2.24, 2.45) is 0 Å². The summed E-state index contributed by atoms with van der Waals surface area (Å²) in [5.41, 5.74) is 0.137. The molecular weight excluding hydrogens is 421 g/mol. The zero-order valence-corrected chi connectivity index (χ0v) is 16.4. The van der Waals surface area contributed by atoms with E-state index in [2.05, 4.69) is 4.98 Å². The maximum Gasteiger partial charge on any atom is 0.352 e. The molecule has 0 bridgehead atoms. The summed E-state index contributed by atoms with van der Waals surface area (Å²) >= 11 is 13.3. The van der Waals surface area contributed by atoms with Gasteiger partial charge in [0, 0.05) is 16.2 Å². The fraction of sp³-hybridized carbons (Fsp3) is 0.133. The maximum atomic E-state index is 11.6. The predicted octanol–water partition coefficient (Wildman–Crippen LogP) is 4.25. The third-order valence-corrected chi connectivity index (χ3v) is 5.60. The van der Waals surface area contributed by atoms with Crippen molar-refractivity contribution in [3.8, 4) is 0 Å². The number of sulfone groups is 1. The normalized spacial score (nSPS) is 11.8. The number of rotatable bonds is 5. The smallest absolute Gasteiger partial charge is 0.352 e. The number of benzene rings is 1. The molecule has 3 rings (SSSR count). The number of halogens is 2. The lowest BCUT2D eigenvalue weighted by Crippen LogP contribution is -2.04. The van der Waals surface area contributed by atoms with Crippen molar-refractivity contribution < 1.29 is 13.3 Å². The number of fused-ring (bicyclic) bond motifs is 1. The van der Waals surface area contributed by atoms with Gasteiger partial charge >= 0.3 is 5.82 Å². The van der Waals surface area contributed by atoms with E-state index >= 15 is 0 Å². The van der Waals surface area contributed by atoms with Gasteiger partial charge in [0.25, 0.3) is 0 Å². The number of nitrogens with zero attached hydrogens (tertiary/aromatic N) is 3. The lowest BCUT2D eigenvalue weighted by molar-refractivity contribution is -0.391. The first-order valence-corrected chi connectivity index (χ1v) is 10.7. The van der Waals surface area contributed by atoms with Crippen molar-refractivity contribution in [1.82, 2.24) is 9.38 Å². The molecule has 0 aliphatic heterocycles. The first-order chi connectivity index (χ1) is 12.1. The van der Waals surface area contributed by atoms with Crippen LogP contribution in [0.3, 0.4) is 0 Å². The second kappa shape index (κ2) is 7.07. The Labute approximate surface area is 163 Å². The van der Waals surface area contributed by atoms with Gasteiger partial charge < -0.3 is 10.1 Å². The molecular formula is C15H11Cl2N3O4S2. The van der Waals surface area contributed by atoms with Crippen LogP contribution in [0.5, 0.6) is 0 Å². The van der Waals surface area contributed by atoms with Crippen LogP contribution in [0.25, 0.3) is 5.65 Å². The third-order valence-electron chi connectivity index (χ3n) is 3.31. The van der Waals surface area contributed by atoms with Gasteiger partial charge in [-0.05, 0) is 35.3 Å². The van der Waals surface area contributed by atoms with E-state index in [1.807, 2.05) is 0 Å². The molecule has 0 amide bonds. The van der Waals surface area contributed by atoms with E-state index in [0.717, 1.165) is 11.2 Å². The van der Waals surface area contributed by atoms with E-state index in [9.17, 15) is 18.5 Å². The van der Waals surface area contributed by atoms with E-state index in [1.54, 1.807) is 30.3 Å². The van der Waals surface area contributed by atoms with Crippen molar-refractivity contribution >= 4 is 56.3 Å². The molecule has 0 aliphatic rings. The van der Waals surface area contributed by atoms with Gasteiger partial charge in [-0.1, -0.05) is 35.0 Å². The minimum absolute atomic E-state index is 0.127. The summed E-state index contributed by atoms with van der Waals surface area (Å²) in [5, 5.41) is 12.3. The number of aromatic nitrogens is 2. The fourth-order valence-electron chi connectivity index (χ4n) is 2.36. The molecule has 1 aromatic carbocycles. The molecule has 0 fully saturated rings. The van der Waals surface area contributed by atoms with Crippen molar-refractivity contribution in [1.29, 1.82) is 0 Å². The van der Waals surface area contributed by atoms with E-state index in [1.165, 1.54) is 22.4 Å². The minimum Gasteiger partial charge on any atom is -0.358 e. The predicted molar refractivity (Wildman–Crippen MR) is 101 cm³/mol. The second-order valence-corrected chi connectivity index (χ2v) is 9.61. The van der Waals surface area contributed by atoms with Gasteiger partial charge in [-0.3, -0.25) is 0 Å². The molecule has 2 aromatic heterocycles. The maximum absolute atomic E-state index is 11.6. The van der Waals surface area contributed by atoms with Crippen molar-refractivity contribution in [3.05, 3.63) is 62.4 Å². The zero-order valence-electron chi connectivity index (χ0n) is 13.2. The van der Waals surface area contributed by atoms with Crippen molar-refractivity contribution in [3.63, 3.8) is 0 Å². The second-order valence-electron chi connectivity index (χ2n) is 5.48. The van der Waals surface area contributed by atoms with Gasteiger partial charge in [-0.25, -0.2) is 13.4 Å². The van der Waals surface area contributed by atoms with Crippen LogP contribution in [0, 0.1) is 10.1 Å². The van der Waals surface area contributed by atoms with Gasteiger partial charge in [0.15, 0.2) is 15.5 Å². The number of nitro groups is 1. The highest BCUT2D eigenvalue weighted by molar-refractivity contribution is 7.99. The summed E-state index contributed by atoms with van der Waals surface area (Å²) in [6.45, 7) is 0. The van der Waals surface area contributed by atoms with Gasteiger partial charge in [-0.2, -0.15) is 4.40 Å². The van der Waals surface area contributed by atoms with Crippen LogP contribution in [0.15, 0.2) is 46.3 Å². The Hall–Kier alpha value is -1.81. The molecule has 0 N–H and O–H groups in total. The van der Waals surface area contributed by atoms with E-state index < -0.39 is 26.3 Å². The number of hydrogen-bond acceptors (Lipinski definition) is 6. The summed E-state index contributed by atoms with van der Waals surface area (Å²) in [6.07, 6.45) is 2.34. The van der Waals surface area contributed by atoms with E-state index in [-0.39, 0.29) is 16.4 Å². The van der Waals surface area contributed by atoms with Crippen LogP contribution in [0.2, 0.25) is 10.0 Å². The van der Waals surface area contributed by atoms with Crippen LogP contribution >= 0.6 is 35.0 Å². The first-order valence-electron chi connectivity index (χ1n) is 7.10. The summed E-state index contributed by atoms with van der Waals surface area (Å²) in [4.78, 5) is 16.4. The molecule has 0 atom stereocenters. The Balaban J connectivity index is 2.19. The van der Waals surface area contributed by atoms with Gasteiger partial charge in [0.2, 0.25) is 5.65 Å². The van der Waals surface area contributed by atoms with Crippen LogP contribution in [0.1, 0.15) is 5.69 Å². The van der Waals surface area contributed by atoms with E-state index in [0.29, 0.717) is 9.92 Å². The molecule has 0 saturated heterocycles. The lowest BCUT2D eigenvalue weighted by Gasteiger charge is -2.03. The molecule has 0 spiro atoms. The van der Waals surface area contributed by atoms with Crippen LogP contribution in [-0.4, -0.2) is 29.0 Å². The summed E-state index contributed by atoms with van der Waals surface area (Å²) < 4.78 is 24.4. The van der Waals surface area contributed by atoms with Crippen LogP contribution in [0.4, 0.5) is 5.82 Å². The largest absolute Gasteiger partial charge is 0.358 e. The van der Waals surface area contributed by atoms with Crippen LogP contribution in [-0.2, 0) is 15.6 Å². The highest BCUT2D eigenvalue weighted by atomic mass is 35.5. The Morgan fingerprint density at radius 3 is 2.46 bits per heavy atom. The Kier molecular flexibility index (Phi) is 5.16. The Morgan fingerprint density at radius 2 is 1.88 bits per heavy atom. The monoisotopic (exact) mass is 431 g/mol. The highest BCUT2D eigenvalue weighted by Crippen LogP contribution is 2.36. The molecule has 26 heavy (non-hydrogen) atoms. The average molecular weight is 432 g/mol. The molecule has 3 aromatic rings. The van der Waals surface area contributed by atoms with Crippen molar-refractivity contribution in [2.45, 2.75) is 15.5 Å². The zero-order chi connectivity index (χ0) is 19.1. The SMILES string of the molecule is CS(=O)(=O)Cc1nc2c(Sc3ccc(Cl)cc3)cc(Cl)cn2c1[N+](=O)[O-]. The first kappa shape index (κ1) is 19.0. The minimum atomic E-state index is -3.50. The van der Waals surface area contributed by atoms with Gasteiger partial charge in [0.05, 0.1) is 9.92 Å². The summed E-state index contributed by atoms with van der Waals surface area (Å²) in [7, 11) is -3.50. The quantitative estimate of drug-likeness (QED) is 0.442. The molecule has 7 nitrogen and oxygen atoms in total. The average Bonchev–Trinajstić information content (AvgIpc) is 2.85. The molecule has 2 heterocycles. The fourth-order valence-corrected chi connectivity index (χ4v) is 4.40. The molecule has 0 saturated carbocycles. The van der Waals surface area contributed by atoms with E-state index in [4.69, 9.17) is 23.2 Å². The molecule has 11 heteroatoms.